The number of carboxylic acid groups (broad SMARTS) is 1. The number of hydrogen-bond donors (Lipinski definition) is 2. The zero-order valence-corrected chi connectivity index (χ0v) is 13.9. The average molecular weight is 329 g/mol. The summed E-state index contributed by atoms with van der Waals surface area (Å²) in [6.45, 7) is 3.75. The van der Waals surface area contributed by atoms with E-state index in [0.717, 1.165) is 5.75 Å². The van der Waals surface area contributed by atoms with Gasteiger partial charge in [0.2, 0.25) is 5.91 Å². The summed E-state index contributed by atoms with van der Waals surface area (Å²) in [5.74, 6) is -0.0268. The van der Waals surface area contributed by atoms with Gasteiger partial charge in [0.15, 0.2) is 0 Å². The monoisotopic (exact) mass is 329 g/mol. The standard InChI is InChI=1S/C18H19NO3S/c1-12-6-3-4-7-14(12)10-23-11-17(20)19-16-9-5-8-15(13(16)2)18(21)22/h3-9H,10-11H2,1-2H3,(H,19,20)(H,21,22). The molecule has 0 aliphatic heterocycles. The second-order valence-corrected chi connectivity index (χ2v) is 6.24. The van der Waals surface area contributed by atoms with Crippen LogP contribution in [0.3, 0.4) is 0 Å². The first-order valence-electron chi connectivity index (χ1n) is 7.24. The highest BCUT2D eigenvalue weighted by atomic mass is 32.2. The maximum Gasteiger partial charge on any atom is 0.336 e. The van der Waals surface area contributed by atoms with Crippen LogP contribution in [0.2, 0.25) is 0 Å². The summed E-state index contributed by atoms with van der Waals surface area (Å²) in [4.78, 5) is 23.1. The Morgan fingerprint density at radius 3 is 2.52 bits per heavy atom. The van der Waals surface area contributed by atoms with Crippen molar-refractivity contribution in [2.24, 2.45) is 0 Å². The van der Waals surface area contributed by atoms with Gasteiger partial charge in [0.25, 0.3) is 0 Å². The normalized spacial score (nSPS) is 10.3. The van der Waals surface area contributed by atoms with Crippen molar-refractivity contribution in [3.63, 3.8) is 0 Å². The number of benzene rings is 2. The van der Waals surface area contributed by atoms with Gasteiger partial charge in [-0.05, 0) is 42.7 Å². The van der Waals surface area contributed by atoms with Crippen LogP contribution in [-0.2, 0) is 10.5 Å². The summed E-state index contributed by atoms with van der Waals surface area (Å²) in [6.07, 6.45) is 0. The van der Waals surface area contributed by atoms with Crippen LogP contribution in [0, 0.1) is 13.8 Å². The molecular formula is C18H19NO3S. The molecule has 1 amide bonds. The molecule has 0 aromatic heterocycles. The molecule has 0 unspecified atom stereocenters. The van der Waals surface area contributed by atoms with Crippen LogP contribution >= 0.6 is 11.8 Å². The van der Waals surface area contributed by atoms with Crippen molar-refractivity contribution in [1.82, 2.24) is 0 Å². The quantitative estimate of drug-likeness (QED) is 0.844. The van der Waals surface area contributed by atoms with E-state index in [1.165, 1.54) is 29.0 Å². The molecule has 2 rings (SSSR count). The van der Waals surface area contributed by atoms with Gasteiger partial charge in [0.1, 0.15) is 0 Å². The van der Waals surface area contributed by atoms with E-state index in [2.05, 4.69) is 24.4 Å². The second-order valence-electron chi connectivity index (χ2n) is 5.25. The van der Waals surface area contributed by atoms with E-state index >= 15 is 0 Å². The van der Waals surface area contributed by atoms with Crippen LogP contribution in [0.5, 0.6) is 0 Å². The summed E-state index contributed by atoms with van der Waals surface area (Å²) in [5.41, 5.74) is 3.75. The minimum atomic E-state index is -0.993. The summed E-state index contributed by atoms with van der Waals surface area (Å²) < 4.78 is 0. The van der Waals surface area contributed by atoms with Gasteiger partial charge in [-0.2, -0.15) is 0 Å². The summed E-state index contributed by atoms with van der Waals surface area (Å²) in [6, 6.07) is 13.0. The van der Waals surface area contributed by atoms with Crippen molar-refractivity contribution in [2.75, 3.05) is 11.1 Å². The number of amides is 1. The first-order chi connectivity index (χ1) is 11.0. The Kier molecular flexibility index (Phi) is 5.82. The molecule has 0 saturated heterocycles. The molecule has 5 heteroatoms. The molecule has 0 spiro atoms. The number of carboxylic acids is 1. The van der Waals surface area contributed by atoms with Crippen molar-refractivity contribution in [2.45, 2.75) is 19.6 Å². The highest BCUT2D eigenvalue weighted by Crippen LogP contribution is 2.20. The van der Waals surface area contributed by atoms with Crippen molar-refractivity contribution in [3.8, 4) is 0 Å². The zero-order valence-electron chi connectivity index (χ0n) is 13.1. The molecule has 120 valence electrons. The molecule has 0 bridgehead atoms. The van der Waals surface area contributed by atoms with E-state index < -0.39 is 5.97 Å². The molecule has 0 radical (unpaired) electrons. The third-order valence-electron chi connectivity index (χ3n) is 3.59. The van der Waals surface area contributed by atoms with Crippen molar-refractivity contribution >= 4 is 29.3 Å². The number of anilines is 1. The van der Waals surface area contributed by atoms with Crippen molar-refractivity contribution in [3.05, 3.63) is 64.7 Å². The Hall–Kier alpha value is -2.27. The fraction of sp³-hybridized carbons (Fsp3) is 0.222. The van der Waals surface area contributed by atoms with E-state index in [0.29, 0.717) is 17.0 Å². The Bertz CT molecular complexity index is 728. The lowest BCUT2D eigenvalue weighted by Crippen LogP contribution is -2.16. The molecule has 0 atom stereocenters. The molecule has 2 aromatic rings. The maximum atomic E-state index is 12.0. The number of carbonyl (C=O) groups excluding carboxylic acids is 1. The number of hydrogen-bond acceptors (Lipinski definition) is 3. The van der Waals surface area contributed by atoms with E-state index in [4.69, 9.17) is 5.11 Å². The number of aromatic carboxylic acids is 1. The predicted molar refractivity (Wildman–Crippen MR) is 94.1 cm³/mol. The Labute approximate surface area is 139 Å². The SMILES string of the molecule is Cc1ccccc1CSCC(=O)Nc1cccc(C(=O)O)c1C. The van der Waals surface area contributed by atoms with Gasteiger partial charge in [0, 0.05) is 11.4 Å². The van der Waals surface area contributed by atoms with Gasteiger partial charge >= 0.3 is 5.97 Å². The summed E-state index contributed by atoms with van der Waals surface area (Å²) in [7, 11) is 0. The molecule has 2 aromatic carbocycles. The number of thioether (sulfide) groups is 1. The van der Waals surface area contributed by atoms with E-state index in [1.54, 1.807) is 19.1 Å². The highest BCUT2D eigenvalue weighted by molar-refractivity contribution is 7.99. The molecule has 0 heterocycles. The van der Waals surface area contributed by atoms with E-state index in [1.807, 2.05) is 12.1 Å². The number of nitrogens with one attached hydrogen (secondary N) is 1. The first-order valence-corrected chi connectivity index (χ1v) is 8.39. The third-order valence-corrected chi connectivity index (χ3v) is 4.57. The van der Waals surface area contributed by atoms with Crippen LogP contribution < -0.4 is 5.32 Å². The van der Waals surface area contributed by atoms with Crippen molar-refractivity contribution < 1.29 is 14.7 Å². The molecule has 0 aliphatic rings. The van der Waals surface area contributed by atoms with Gasteiger partial charge < -0.3 is 10.4 Å². The smallest absolute Gasteiger partial charge is 0.336 e. The Morgan fingerprint density at radius 1 is 1.09 bits per heavy atom. The molecule has 23 heavy (non-hydrogen) atoms. The molecule has 0 saturated carbocycles. The third kappa shape index (κ3) is 4.60. The Morgan fingerprint density at radius 2 is 1.83 bits per heavy atom. The molecular weight excluding hydrogens is 310 g/mol. The number of carbonyl (C=O) groups is 2. The fourth-order valence-electron chi connectivity index (χ4n) is 2.21. The van der Waals surface area contributed by atoms with E-state index in [-0.39, 0.29) is 11.5 Å². The maximum absolute atomic E-state index is 12.0. The van der Waals surface area contributed by atoms with Gasteiger partial charge in [0.05, 0.1) is 11.3 Å². The summed E-state index contributed by atoms with van der Waals surface area (Å²) >= 11 is 1.54. The van der Waals surface area contributed by atoms with Crippen molar-refractivity contribution in [1.29, 1.82) is 0 Å². The fourth-order valence-corrected chi connectivity index (χ4v) is 3.12. The van der Waals surface area contributed by atoms with Gasteiger partial charge in [-0.1, -0.05) is 30.3 Å². The minimum Gasteiger partial charge on any atom is -0.478 e. The van der Waals surface area contributed by atoms with Crippen LogP contribution in [0.25, 0.3) is 0 Å². The Balaban J connectivity index is 1.92. The second kappa shape index (κ2) is 7.83. The van der Waals surface area contributed by atoms with Gasteiger partial charge in [-0.3, -0.25) is 4.79 Å². The molecule has 0 fully saturated rings. The van der Waals surface area contributed by atoms with Crippen LogP contribution in [-0.4, -0.2) is 22.7 Å². The summed E-state index contributed by atoms with van der Waals surface area (Å²) in [5, 5.41) is 11.9. The lowest BCUT2D eigenvalue weighted by Gasteiger charge is -2.10. The van der Waals surface area contributed by atoms with Gasteiger partial charge in [-0.15, -0.1) is 11.8 Å². The number of aryl methyl sites for hydroxylation is 1. The highest BCUT2D eigenvalue weighted by Gasteiger charge is 2.12. The van der Waals surface area contributed by atoms with Crippen LogP contribution in [0.15, 0.2) is 42.5 Å². The molecule has 2 N–H and O–H groups in total. The topological polar surface area (TPSA) is 66.4 Å². The first kappa shape index (κ1) is 17.1. The lowest BCUT2D eigenvalue weighted by atomic mass is 10.1. The van der Waals surface area contributed by atoms with E-state index in [9.17, 15) is 9.59 Å². The molecule has 0 aliphatic carbocycles. The number of rotatable bonds is 6. The minimum absolute atomic E-state index is 0.130. The average Bonchev–Trinajstić information content (AvgIpc) is 2.51. The lowest BCUT2D eigenvalue weighted by molar-refractivity contribution is -0.113. The predicted octanol–water partition coefficient (Wildman–Crippen LogP) is 3.87. The molecule has 4 nitrogen and oxygen atoms in total. The largest absolute Gasteiger partial charge is 0.478 e. The zero-order chi connectivity index (χ0) is 16.8. The van der Waals surface area contributed by atoms with Crippen LogP contribution in [0.4, 0.5) is 5.69 Å². The van der Waals surface area contributed by atoms with Crippen LogP contribution in [0.1, 0.15) is 27.0 Å². The van der Waals surface area contributed by atoms with Gasteiger partial charge in [-0.25, -0.2) is 4.79 Å².